The number of fused-ring (bicyclic) bond motifs is 2. The first-order valence-corrected chi connectivity index (χ1v) is 10.6. The van der Waals surface area contributed by atoms with Gasteiger partial charge in [0.25, 0.3) is 11.8 Å². The van der Waals surface area contributed by atoms with Crippen LogP contribution in [-0.4, -0.2) is 33.0 Å². The number of nitrogens with one attached hydrogen (secondary N) is 1. The predicted octanol–water partition coefficient (Wildman–Crippen LogP) is 4.74. The molecule has 1 N–H and O–H groups in total. The van der Waals surface area contributed by atoms with Gasteiger partial charge in [-0.15, -0.1) is 0 Å². The number of hydrogen-bond acceptors (Lipinski definition) is 5. The Bertz CT molecular complexity index is 1550. The minimum absolute atomic E-state index is 0.0636. The van der Waals surface area contributed by atoms with Crippen molar-refractivity contribution in [2.24, 2.45) is 0 Å². The van der Waals surface area contributed by atoms with Gasteiger partial charge in [0.15, 0.2) is 5.43 Å². The van der Waals surface area contributed by atoms with E-state index in [1.54, 1.807) is 36.2 Å². The van der Waals surface area contributed by atoms with Crippen molar-refractivity contribution in [2.75, 3.05) is 7.05 Å². The summed E-state index contributed by atoms with van der Waals surface area (Å²) in [7, 11) is 1.70. The second kappa shape index (κ2) is 7.70. The molecule has 7 heteroatoms. The number of para-hydroxylation sites is 1. The van der Waals surface area contributed by atoms with Crippen molar-refractivity contribution in [3.8, 4) is 11.4 Å². The number of aromatic amines is 1. The second-order valence-electron chi connectivity index (χ2n) is 8.47. The number of H-pyrrole nitrogens is 1. The lowest BCUT2D eigenvalue weighted by Crippen LogP contribution is -2.43. The lowest BCUT2D eigenvalue weighted by Gasteiger charge is -2.32. The molecule has 0 aliphatic rings. The standard InChI is InChI=1S/C26H22N4O3/c1-26(2,25-28-23(29-33-25)16-9-5-4-6-10-16)30(3)24(32)17-13-14-19-21(15-17)27-20-12-8-7-11-18(20)22(19)31/h4-15H,1-3H3,(H,27,31). The number of hydrogen-bond donors (Lipinski definition) is 1. The van der Waals surface area contributed by atoms with Crippen molar-refractivity contribution in [1.82, 2.24) is 20.0 Å². The highest BCUT2D eigenvalue weighted by Gasteiger charge is 2.36. The molecule has 0 aliphatic carbocycles. The Hall–Kier alpha value is -4.26. The van der Waals surface area contributed by atoms with Crippen LogP contribution in [0.3, 0.4) is 0 Å². The van der Waals surface area contributed by atoms with Gasteiger partial charge in [0.05, 0.1) is 5.52 Å². The Morgan fingerprint density at radius 1 is 0.939 bits per heavy atom. The van der Waals surface area contributed by atoms with Crippen LogP contribution >= 0.6 is 0 Å². The third kappa shape index (κ3) is 3.47. The van der Waals surface area contributed by atoms with Gasteiger partial charge in [-0.25, -0.2) is 0 Å². The maximum atomic E-state index is 13.4. The van der Waals surface area contributed by atoms with E-state index in [9.17, 15) is 9.59 Å². The van der Waals surface area contributed by atoms with E-state index in [4.69, 9.17) is 4.52 Å². The average molecular weight is 438 g/mol. The van der Waals surface area contributed by atoms with Crippen molar-refractivity contribution in [2.45, 2.75) is 19.4 Å². The molecule has 0 radical (unpaired) electrons. The molecule has 164 valence electrons. The maximum absolute atomic E-state index is 13.4. The zero-order chi connectivity index (χ0) is 23.2. The van der Waals surface area contributed by atoms with E-state index in [0.717, 1.165) is 11.1 Å². The zero-order valence-electron chi connectivity index (χ0n) is 18.5. The molecule has 33 heavy (non-hydrogen) atoms. The number of carbonyl (C=O) groups is 1. The topological polar surface area (TPSA) is 92.1 Å². The van der Waals surface area contributed by atoms with E-state index in [2.05, 4.69) is 15.1 Å². The first-order chi connectivity index (χ1) is 15.9. The molecule has 0 bridgehead atoms. The fourth-order valence-electron chi connectivity index (χ4n) is 3.83. The maximum Gasteiger partial charge on any atom is 0.254 e. The third-order valence-electron chi connectivity index (χ3n) is 6.08. The van der Waals surface area contributed by atoms with E-state index in [-0.39, 0.29) is 11.3 Å². The van der Waals surface area contributed by atoms with Crippen LogP contribution in [-0.2, 0) is 5.54 Å². The van der Waals surface area contributed by atoms with Crippen LogP contribution in [0.2, 0.25) is 0 Å². The molecule has 0 unspecified atom stereocenters. The van der Waals surface area contributed by atoms with Crippen molar-refractivity contribution in [3.05, 3.63) is 94.5 Å². The SMILES string of the molecule is CN(C(=O)c1ccc2c(=O)c3ccccc3[nH]c2c1)C(C)(C)c1nc(-c2ccccc2)no1. The first kappa shape index (κ1) is 20.6. The number of rotatable bonds is 4. The van der Waals surface area contributed by atoms with Gasteiger partial charge in [0.1, 0.15) is 5.54 Å². The van der Waals surface area contributed by atoms with Gasteiger partial charge in [0.2, 0.25) is 5.82 Å². The Labute approximate surface area is 189 Å². The minimum atomic E-state index is -0.858. The van der Waals surface area contributed by atoms with Gasteiger partial charge in [-0.3, -0.25) is 9.59 Å². The van der Waals surface area contributed by atoms with Gasteiger partial charge >= 0.3 is 0 Å². The molecule has 5 aromatic rings. The first-order valence-electron chi connectivity index (χ1n) is 10.6. The van der Waals surface area contributed by atoms with Crippen molar-refractivity contribution in [1.29, 1.82) is 0 Å². The molecule has 3 aromatic carbocycles. The second-order valence-corrected chi connectivity index (χ2v) is 8.47. The van der Waals surface area contributed by atoms with Gasteiger partial charge in [-0.05, 0) is 44.2 Å². The Morgan fingerprint density at radius 2 is 1.64 bits per heavy atom. The van der Waals surface area contributed by atoms with E-state index < -0.39 is 5.54 Å². The zero-order valence-corrected chi connectivity index (χ0v) is 18.5. The van der Waals surface area contributed by atoms with Crippen LogP contribution in [0.1, 0.15) is 30.1 Å². The van der Waals surface area contributed by atoms with Gasteiger partial charge in [0, 0.05) is 34.5 Å². The number of carbonyl (C=O) groups excluding carboxylic acids is 1. The molecule has 1 amide bonds. The molecular weight excluding hydrogens is 416 g/mol. The molecular formula is C26H22N4O3. The molecule has 7 nitrogen and oxygen atoms in total. The van der Waals surface area contributed by atoms with Crippen LogP contribution in [0.5, 0.6) is 0 Å². The van der Waals surface area contributed by atoms with Gasteiger partial charge < -0.3 is 14.4 Å². The van der Waals surface area contributed by atoms with Crippen molar-refractivity contribution in [3.63, 3.8) is 0 Å². The summed E-state index contributed by atoms with van der Waals surface area (Å²) in [4.78, 5) is 35.6. The number of pyridine rings is 1. The fourth-order valence-corrected chi connectivity index (χ4v) is 3.83. The van der Waals surface area contributed by atoms with E-state index in [1.165, 1.54) is 0 Å². The molecule has 0 atom stereocenters. The minimum Gasteiger partial charge on any atom is -0.354 e. The van der Waals surface area contributed by atoms with Crippen LogP contribution in [0.15, 0.2) is 82.1 Å². The lowest BCUT2D eigenvalue weighted by molar-refractivity contribution is 0.0553. The number of nitrogens with zero attached hydrogens (tertiary/aromatic N) is 3. The summed E-state index contributed by atoms with van der Waals surface area (Å²) in [6, 6.07) is 21.9. The molecule has 2 heterocycles. The number of amides is 1. The summed E-state index contributed by atoms with van der Waals surface area (Å²) < 4.78 is 5.52. The number of aromatic nitrogens is 3. The monoisotopic (exact) mass is 438 g/mol. The molecule has 2 aromatic heterocycles. The Morgan fingerprint density at radius 3 is 2.42 bits per heavy atom. The number of benzene rings is 3. The van der Waals surface area contributed by atoms with Crippen LogP contribution in [0, 0.1) is 0 Å². The van der Waals surface area contributed by atoms with Gasteiger partial charge in [-0.2, -0.15) is 4.98 Å². The fraction of sp³-hybridized carbons (Fsp3) is 0.154. The lowest BCUT2D eigenvalue weighted by atomic mass is 10.0. The third-order valence-corrected chi connectivity index (χ3v) is 6.08. The largest absolute Gasteiger partial charge is 0.354 e. The predicted molar refractivity (Wildman–Crippen MR) is 127 cm³/mol. The quantitative estimate of drug-likeness (QED) is 0.409. The Kier molecular flexibility index (Phi) is 4.82. The highest BCUT2D eigenvalue weighted by atomic mass is 16.5. The normalized spacial score (nSPS) is 11.7. The van der Waals surface area contributed by atoms with Crippen LogP contribution in [0.4, 0.5) is 0 Å². The van der Waals surface area contributed by atoms with Gasteiger partial charge in [-0.1, -0.05) is 47.6 Å². The van der Waals surface area contributed by atoms with Crippen molar-refractivity contribution < 1.29 is 9.32 Å². The smallest absolute Gasteiger partial charge is 0.254 e. The van der Waals surface area contributed by atoms with Crippen LogP contribution in [0.25, 0.3) is 33.2 Å². The molecule has 5 rings (SSSR count). The highest BCUT2D eigenvalue weighted by Crippen LogP contribution is 2.29. The van der Waals surface area contributed by atoms with E-state index >= 15 is 0 Å². The average Bonchev–Trinajstić information content (AvgIpc) is 3.35. The molecule has 0 aliphatic heterocycles. The summed E-state index contributed by atoms with van der Waals surface area (Å²) in [5, 5.41) is 5.24. The van der Waals surface area contributed by atoms with Crippen molar-refractivity contribution >= 4 is 27.7 Å². The molecule has 0 fully saturated rings. The summed E-state index contributed by atoms with van der Waals surface area (Å²) in [5.74, 6) is 0.572. The summed E-state index contributed by atoms with van der Waals surface area (Å²) in [5.41, 5.74) is 1.71. The molecule has 0 saturated carbocycles. The highest BCUT2D eigenvalue weighted by molar-refractivity contribution is 6.00. The summed E-state index contributed by atoms with van der Waals surface area (Å²) >= 11 is 0. The van der Waals surface area contributed by atoms with Crippen LogP contribution < -0.4 is 5.43 Å². The molecule has 0 saturated heterocycles. The molecule has 0 spiro atoms. The van der Waals surface area contributed by atoms with E-state index in [0.29, 0.717) is 33.6 Å². The Balaban J connectivity index is 1.49. The van der Waals surface area contributed by atoms with E-state index in [1.807, 2.05) is 62.4 Å². The summed E-state index contributed by atoms with van der Waals surface area (Å²) in [6.07, 6.45) is 0. The summed E-state index contributed by atoms with van der Waals surface area (Å²) in [6.45, 7) is 3.70.